The number of benzene rings is 2. The lowest BCUT2D eigenvalue weighted by Gasteiger charge is -2.28. The summed E-state index contributed by atoms with van der Waals surface area (Å²) in [4.78, 5) is 2.03. The minimum Gasteiger partial charge on any atom is -0.491 e. The van der Waals surface area contributed by atoms with Crippen molar-refractivity contribution in [2.45, 2.75) is 18.6 Å². The summed E-state index contributed by atoms with van der Waals surface area (Å²) in [6, 6.07) is 12.6. The van der Waals surface area contributed by atoms with Gasteiger partial charge in [0.2, 0.25) is 0 Å². The Bertz CT molecular complexity index is 820. The summed E-state index contributed by atoms with van der Waals surface area (Å²) in [7, 11) is 1.93. The predicted molar refractivity (Wildman–Crippen MR) is 98.2 cm³/mol. The summed E-state index contributed by atoms with van der Waals surface area (Å²) >= 11 is 12.4. The van der Waals surface area contributed by atoms with Crippen molar-refractivity contribution in [3.63, 3.8) is 0 Å². The topological polar surface area (TPSA) is 56.5 Å². The average Bonchev–Trinajstić information content (AvgIpc) is 2.91. The Balaban J connectivity index is 1.69. The smallest absolute Gasteiger partial charge is 0.137 e. The molecule has 3 rings (SSSR count). The fourth-order valence-corrected chi connectivity index (χ4v) is 3.87. The van der Waals surface area contributed by atoms with E-state index < -0.39 is 6.10 Å². The zero-order chi connectivity index (χ0) is 18.0. The number of likely N-dealkylation sites (N-methyl/N-ethyl adjacent to an activating group) is 1. The zero-order valence-corrected chi connectivity index (χ0v) is 15.3. The fourth-order valence-electron chi connectivity index (χ4n) is 3.29. The van der Waals surface area contributed by atoms with Crippen LogP contribution in [0.5, 0.6) is 5.75 Å². The molecular formula is C19H18Cl2N2O2. The van der Waals surface area contributed by atoms with Crippen molar-refractivity contribution in [2.24, 2.45) is 0 Å². The molecule has 0 aliphatic heterocycles. The number of hydrogen-bond acceptors (Lipinski definition) is 4. The van der Waals surface area contributed by atoms with Crippen LogP contribution < -0.4 is 4.74 Å². The quantitative estimate of drug-likeness (QED) is 0.861. The van der Waals surface area contributed by atoms with Gasteiger partial charge in [0.05, 0.1) is 17.7 Å². The Morgan fingerprint density at radius 2 is 2.08 bits per heavy atom. The predicted octanol–water partition coefficient (Wildman–Crippen LogP) is 3.83. The molecule has 6 heteroatoms. The van der Waals surface area contributed by atoms with Gasteiger partial charge < -0.3 is 9.84 Å². The van der Waals surface area contributed by atoms with Gasteiger partial charge in [-0.25, -0.2) is 0 Å². The Hall–Kier alpha value is -1.77. The number of para-hydroxylation sites is 1. The molecule has 1 N–H and O–H groups in total. The molecule has 2 atom stereocenters. The van der Waals surface area contributed by atoms with Crippen molar-refractivity contribution in [3.8, 4) is 11.8 Å². The second-order valence-corrected chi connectivity index (χ2v) is 6.95. The van der Waals surface area contributed by atoms with E-state index in [9.17, 15) is 5.11 Å². The largest absolute Gasteiger partial charge is 0.491 e. The van der Waals surface area contributed by atoms with Crippen LogP contribution in [0.1, 0.15) is 22.7 Å². The van der Waals surface area contributed by atoms with Crippen molar-refractivity contribution < 1.29 is 9.84 Å². The summed E-state index contributed by atoms with van der Waals surface area (Å²) in [5.41, 5.74) is 2.42. The minimum atomic E-state index is -0.539. The molecule has 0 amide bonds. The standard InChI is InChI=1S/C19H18Cl2N2O2/c1-23(6-7-25-18-5-3-2-4-12(18)11-22)19-15-8-13(20)9-16(21)14(15)10-17(19)24/h2-5,8-9,17,19,24H,6-7,10H2,1H3/t17-,19+/m0/s1. The van der Waals surface area contributed by atoms with Crippen LogP contribution in [0.3, 0.4) is 0 Å². The highest BCUT2D eigenvalue weighted by Gasteiger charge is 2.35. The van der Waals surface area contributed by atoms with E-state index in [4.69, 9.17) is 33.2 Å². The fraction of sp³-hybridized carbons (Fsp3) is 0.316. The molecule has 0 heterocycles. The van der Waals surface area contributed by atoms with Gasteiger partial charge in [-0.05, 0) is 42.4 Å². The van der Waals surface area contributed by atoms with Crippen LogP contribution in [0.15, 0.2) is 36.4 Å². The highest BCUT2D eigenvalue weighted by Crippen LogP contribution is 2.40. The first kappa shape index (κ1) is 18.0. The molecule has 0 unspecified atom stereocenters. The maximum Gasteiger partial charge on any atom is 0.137 e. The van der Waals surface area contributed by atoms with E-state index in [1.165, 1.54) is 0 Å². The van der Waals surface area contributed by atoms with Gasteiger partial charge in [-0.2, -0.15) is 5.26 Å². The van der Waals surface area contributed by atoms with E-state index in [1.54, 1.807) is 24.3 Å². The number of aliphatic hydroxyl groups is 1. The number of hydrogen-bond donors (Lipinski definition) is 1. The number of rotatable bonds is 5. The summed E-state index contributed by atoms with van der Waals surface area (Å²) in [5, 5.41) is 20.7. The molecule has 0 bridgehead atoms. The SMILES string of the molecule is CN(CCOc1ccccc1C#N)[C@@H]1c2cc(Cl)cc(Cl)c2C[C@@H]1O. The summed E-state index contributed by atoms with van der Waals surface area (Å²) in [6.07, 6.45) is -0.0271. The highest BCUT2D eigenvalue weighted by molar-refractivity contribution is 6.35. The Labute approximate surface area is 157 Å². The van der Waals surface area contributed by atoms with Crippen LogP contribution in [0.2, 0.25) is 10.0 Å². The van der Waals surface area contributed by atoms with Crippen molar-refractivity contribution in [1.29, 1.82) is 5.26 Å². The van der Waals surface area contributed by atoms with E-state index >= 15 is 0 Å². The number of aliphatic hydroxyl groups excluding tert-OH is 1. The third-order valence-electron chi connectivity index (χ3n) is 4.48. The molecule has 0 spiro atoms. The lowest BCUT2D eigenvalue weighted by Crippen LogP contribution is -2.34. The van der Waals surface area contributed by atoms with Gasteiger partial charge in [-0.15, -0.1) is 0 Å². The Kier molecular flexibility index (Phi) is 5.51. The van der Waals surface area contributed by atoms with Crippen LogP contribution in [-0.2, 0) is 6.42 Å². The molecule has 130 valence electrons. The number of fused-ring (bicyclic) bond motifs is 1. The van der Waals surface area contributed by atoms with E-state index in [1.807, 2.05) is 24.1 Å². The number of ether oxygens (including phenoxy) is 1. The minimum absolute atomic E-state index is 0.180. The number of nitrogens with zero attached hydrogens (tertiary/aromatic N) is 2. The molecule has 25 heavy (non-hydrogen) atoms. The van der Waals surface area contributed by atoms with Crippen LogP contribution in [0.4, 0.5) is 0 Å². The van der Waals surface area contributed by atoms with Crippen LogP contribution >= 0.6 is 23.2 Å². The Morgan fingerprint density at radius 3 is 2.84 bits per heavy atom. The molecule has 0 fully saturated rings. The van der Waals surface area contributed by atoms with Crippen molar-refractivity contribution >= 4 is 23.2 Å². The zero-order valence-electron chi connectivity index (χ0n) is 13.7. The van der Waals surface area contributed by atoms with Gasteiger partial charge in [-0.3, -0.25) is 4.90 Å². The molecule has 1 aliphatic carbocycles. The second-order valence-electron chi connectivity index (χ2n) is 6.11. The van der Waals surface area contributed by atoms with Crippen LogP contribution in [0, 0.1) is 11.3 Å². The Morgan fingerprint density at radius 1 is 1.32 bits per heavy atom. The first-order chi connectivity index (χ1) is 12.0. The lowest BCUT2D eigenvalue weighted by atomic mass is 10.1. The molecule has 0 aromatic heterocycles. The molecule has 2 aromatic rings. The first-order valence-corrected chi connectivity index (χ1v) is 8.75. The molecule has 4 nitrogen and oxygen atoms in total. The van der Waals surface area contributed by atoms with Gasteiger partial charge in [0, 0.05) is 23.0 Å². The van der Waals surface area contributed by atoms with E-state index in [0.717, 1.165) is 11.1 Å². The van der Waals surface area contributed by atoms with E-state index in [2.05, 4.69) is 6.07 Å². The third kappa shape index (κ3) is 3.75. The van der Waals surface area contributed by atoms with Gasteiger partial charge in [-0.1, -0.05) is 35.3 Å². The maximum atomic E-state index is 10.5. The van der Waals surface area contributed by atoms with Gasteiger partial charge in [0.25, 0.3) is 0 Å². The maximum absolute atomic E-state index is 10.5. The van der Waals surface area contributed by atoms with Crippen LogP contribution in [-0.4, -0.2) is 36.3 Å². The van der Waals surface area contributed by atoms with Gasteiger partial charge >= 0.3 is 0 Å². The molecule has 0 saturated carbocycles. The van der Waals surface area contributed by atoms with E-state index in [-0.39, 0.29) is 6.04 Å². The third-order valence-corrected chi connectivity index (χ3v) is 5.03. The molecule has 0 saturated heterocycles. The normalized spacial score (nSPS) is 18.9. The summed E-state index contributed by atoms with van der Waals surface area (Å²) < 4.78 is 5.73. The summed E-state index contributed by atoms with van der Waals surface area (Å²) in [6.45, 7) is 0.993. The monoisotopic (exact) mass is 376 g/mol. The molecular weight excluding hydrogens is 359 g/mol. The summed E-state index contributed by atoms with van der Waals surface area (Å²) in [5.74, 6) is 0.567. The second kappa shape index (κ2) is 7.63. The van der Waals surface area contributed by atoms with Crippen molar-refractivity contribution in [3.05, 3.63) is 63.1 Å². The first-order valence-electron chi connectivity index (χ1n) is 7.99. The molecule has 1 aliphatic rings. The lowest BCUT2D eigenvalue weighted by molar-refractivity contribution is 0.0686. The molecule has 0 radical (unpaired) electrons. The van der Waals surface area contributed by atoms with E-state index in [0.29, 0.717) is 40.9 Å². The average molecular weight is 377 g/mol. The van der Waals surface area contributed by atoms with Crippen molar-refractivity contribution in [1.82, 2.24) is 4.90 Å². The highest BCUT2D eigenvalue weighted by atomic mass is 35.5. The molecule has 2 aromatic carbocycles. The number of nitriles is 1. The van der Waals surface area contributed by atoms with Crippen LogP contribution in [0.25, 0.3) is 0 Å². The van der Waals surface area contributed by atoms with Gasteiger partial charge in [0.1, 0.15) is 18.4 Å². The van der Waals surface area contributed by atoms with Gasteiger partial charge in [0.15, 0.2) is 0 Å². The number of halogens is 2. The van der Waals surface area contributed by atoms with Crippen molar-refractivity contribution in [2.75, 3.05) is 20.2 Å².